The fraction of sp³-hybridized carbons (Fsp3) is 0.105. The minimum absolute atomic E-state index is 0.0731. The van der Waals surface area contributed by atoms with Crippen LogP contribution in [-0.2, 0) is 17.8 Å². The highest BCUT2D eigenvalue weighted by Crippen LogP contribution is 2.17. The molecule has 0 aliphatic heterocycles. The number of carbonyl (C=O) groups excluding carboxylic acids is 2. The molecule has 3 aromatic rings. The molecule has 0 radical (unpaired) electrons. The van der Waals surface area contributed by atoms with Crippen LogP contribution in [0, 0.1) is 0 Å². The van der Waals surface area contributed by atoms with E-state index >= 15 is 0 Å². The van der Waals surface area contributed by atoms with Crippen molar-refractivity contribution >= 4 is 17.5 Å². The molecule has 0 unspecified atom stereocenters. The number of amides is 2. The van der Waals surface area contributed by atoms with Gasteiger partial charge in [0, 0.05) is 11.9 Å². The van der Waals surface area contributed by atoms with Gasteiger partial charge in [-0.15, -0.1) is 0 Å². The van der Waals surface area contributed by atoms with Gasteiger partial charge in [0.2, 0.25) is 5.91 Å². The van der Waals surface area contributed by atoms with Gasteiger partial charge in [-0.05, 0) is 17.2 Å². The molecule has 0 aliphatic rings. The van der Waals surface area contributed by atoms with Crippen molar-refractivity contribution in [1.82, 2.24) is 9.78 Å². The minimum atomic E-state index is -0.447. The van der Waals surface area contributed by atoms with E-state index in [1.54, 1.807) is 35.1 Å². The second-order valence-electron chi connectivity index (χ2n) is 5.67. The highest BCUT2D eigenvalue weighted by molar-refractivity contribution is 6.04. The molecular weight excluding hydrogens is 316 g/mol. The molecule has 2 aromatic carbocycles. The molecule has 0 bridgehead atoms. The first-order valence-corrected chi connectivity index (χ1v) is 7.86. The van der Waals surface area contributed by atoms with Gasteiger partial charge in [-0.25, -0.2) is 0 Å². The zero-order valence-corrected chi connectivity index (χ0v) is 13.6. The van der Waals surface area contributed by atoms with E-state index in [9.17, 15) is 9.59 Å². The lowest BCUT2D eigenvalue weighted by Gasteiger charge is -2.09. The van der Waals surface area contributed by atoms with E-state index in [2.05, 4.69) is 10.4 Å². The Morgan fingerprint density at radius 1 is 1.04 bits per heavy atom. The van der Waals surface area contributed by atoms with Crippen molar-refractivity contribution in [3.05, 3.63) is 83.7 Å². The molecule has 0 saturated carbocycles. The van der Waals surface area contributed by atoms with Crippen LogP contribution in [0.4, 0.5) is 5.69 Å². The summed E-state index contributed by atoms with van der Waals surface area (Å²) >= 11 is 0. The van der Waals surface area contributed by atoms with Gasteiger partial charge in [-0.3, -0.25) is 14.3 Å². The number of nitrogens with two attached hydrogens (primary N) is 1. The van der Waals surface area contributed by atoms with Crippen LogP contribution in [0.25, 0.3) is 0 Å². The van der Waals surface area contributed by atoms with Crippen molar-refractivity contribution in [3.8, 4) is 0 Å². The fourth-order valence-corrected chi connectivity index (χ4v) is 2.52. The van der Waals surface area contributed by atoms with Crippen LogP contribution in [0.1, 0.15) is 21.5 Å². The normalized spacial score (nSPS) is 10.4. The van der Waals surface area contributed by atoms with Crippen LogP contribution in [-0.4, -0.2) is 21.6 Å². The molecule has 2 amide bonds. The quantitative estimate of drug-likeness (QED) is 0.724. The average Bonchev–Trinajstić information content (AvgIpc) is 3.06. The van der Waals surface area contributed by atoms with Crippen molar-refractivity contribution in [2.45, 2.75) is 13.0 Å². The van der Waals surface area contributed by atoms with Gasteiger partial charge >= 0.3 is 0 Å². The van der Waals surface area contributed by atoms with Crippen molar-refractivity contribution in [2.75, 3.05) is 5.32 Å². The third-order valence-corrected chi connectivity index (χ3v) is 3.71. The predicted molar refractivity (Wildman–Crippen MR) is 95.1 cm³/mol. The topological polar surface area (TPSA) is 90.0 Å². The number of nitrogens with zero attached hydrogens (tertiary/aromatic N) is 2. The Balaban J connectivity index is 1.71. The zero-order chi connectivity index (χ0) is 17.6. The van der Waals surface area contributed by atoms with E-state index in [1.165, 1.54) is 6.20 Å². The monoisotopic (exact) mass is 334 g/mol. The van der Waals surface area contributed by atoms with Gasteiger partial charge in [0.25, 0.3) is 5.91 Å². The zero-order valence-electron chi connectivity index (χ0n) is 13.6. The molecule has 0 fully saturated rings. The highest BCUT2D eigenvalue weighted by atomic mass is 16.2. The van der Waals surface area contributed by atoms with Gasteiger partial charge in [-0.2, -0.15) is 5.10 Å². The number of aromatic nitrogens is 2. The number of rotatable bonds is 6. The summed E-state index contributed by atoms with van der Waals surface area (Å²) in [4.78, 5) is 23.6. The van der Waals surface area contributed by atoms with E-state index in [0.29, 0.717) is 23.4 Å². The van der Waals surface area contributed by atoms with Crippen LogP contribution >= 0.6 is 0 Å². The minimum Gasteiger partial charge on any atom is -0.369 e. The first-order valence-electron chi connectivity index (χ1n) is 7.86. The van der Waals surface area contributed by atoms with Crippen LogP contribution in [0.2, 0.25) is 0 Å². The molecule has 0 atom stereocenters. The molecule has 1 aromatic heterocycles. The van der Waals surface area contributed by atoms with E-state index in [1.807, 2.05) is 30.3 Å². The van der Waals surface area contributed by atoms with Crippen molar-refractivity contribution in [2.24, 2.45) is 5.73 Å². The van der Waals surface area contributed by atoms with Crippen LogP contribution in [0.3, 0.4) is 0 Å². The maximum absolute atomic E-state index is 12.4. The number of carbonyl (C=O) groups is 2. The molecule has 3 N–H and O–H groups in total. The SMILES string of the molecule is NC(=O)Cc1ccccc1NC(=O)c1cnn(Cc2ccccc2)c1. The largest absolute Gasteiger partial charge is 0.369 e. The number of hydrogen-bond donors (Lipinski definition) is 2. The van der Waals surface area contributed by atoms with Crippen LogP contribution in [0.5, 0.6) is 0 Å². The van der Waals surface area contributed by atoms with Gasteiger partial charge < -0.3 is 11.1 Å². The number of benzene rings is 2. The molecule has 6 nitrogen and oxygen atoms in total. The fourth-order valence-electron chi connectivity index (χ4n) is 2.52. The van der Waals surface area contributed by atoms with E-state index in [-0.39, 0.29) is 12.3 Å². The lowest BCUT2D eigenvalue weighted by Crippen LogP contribution is -2.17. The number of primary amides is 1. The third-order valence-electron chi connectivity index (χ3n) is 3.71. The second-order valence-corrected chi connectivity index (χ2v) is 5.67. The molecule has 3 rings (SSSR count). The number of nitrogens with one attached hydrogen (secondary N) is 1. The Kier molecular flexibility index (Phi) is 4.89. The van der Waals surface area contributed by atoms with Crippen molar-refractivity contribution < 1.29 is 9.59 Å². The lowest BCUT2D eigenvalue weighted by atomic mass is 10.1. The van der Waals surface area contributed by atoms with Gasteiger partial charge in [-0.1, -0.05) is 48.5 Å². The molecule has 25 heavy (non-hydrogen) atoms. The first kappa shape index (κ1) is 16.4. The predicted octanol–water partition coefficient (Wildman–Crippen LogP) is 2.21. The standard InChI is InChI=1S/C19H18N4O2/c20-18(24)10-15-8-4-5-9-17(15)22-19(25)16-11-21-23(13-16)12-14-6-2-1-3-7-14/h1-9,11,13H,10,12H2,(H2,20,24)(H,22,25). The number of anilines is 1. The van der Waals surface area contributed by atoms with Crippen LogP contribution in [0.15, 0.2) is 67.0 Å². The Labute approximate surface area is 145 Å². The Morgan fingerprint density at radius 2 is 1.76 bits per heavy atom. The Hall–Kier alpha value is -3.41. The molecule has 0 saturated heterocycles. The molecule has 0 aliphatic carbocycles. The van der Waals surface area contributed by atoms with Crippen LogP contribution < -0.4 is 11.1 Å². The summed E-state index contributed by atoms with van der Waals surface area (Å²) in [6.07, 6.45) is 3.29. The highest BCUT2D eigenvalue weighted by Gasteiger charge is 2.12. The van der Waals surface area contributed by atoms with Gasteiger partial charge in [0.15, 0.2) is 0 Å². The first-order chi connectivity index (χ1) is 12.1. The number of hydrogen-bond acceptors (Lipinski definition) is 3. The van der Waals surface area contributed by atoms with E-state index in [0.717, 1.165) is 5.56 Å². The molecular formula is C19H18N4O2. The Bertz CT molecular complexity index is 887. The summed E-state index contributed by atoms with van der Waals surface area (Å²) in [5.41, 5.74) is 8.05. The van der Waals surface area contributed by atoms with Gasteiger partial charge in [0.05, 0.1) is 24.7 Å². The molecule has 126 valence electrons. The molecule has 0 spiro atoms. The third kappa shape index (κ3) is 4.32. The smallest absolute Gasteiger partial charge is 0.258 e. The summed E-state index contributed by atoms with van der Waals surface area (Å²) in [6.45, 7) is 0.590. The second kappa shape index (κ2) is 7.44. The van der Waals surface area contributed by atoms with Crippen molar-refractivity contribution in [1.29, 1.82) is 0 Å². The Morgan fingerprint density at radius 3 is 2.52 bits per heavy atom. The van der Waals surface area contributed by atoms with E-state index in [4.69, 9.17) is 5.73 Å². The maximum atomic E-state index is 12.4. The maximum Gasteiger partial charge on any atom is 0.258 e. The summed E-state index contributed by atoms with van der Waals surface area (Å²) in [6, 6.07) is 17.0. The summed E-state index contributed by atoms with van der Waals surface area (Å²) < 4.78 is 1.71. The van der Waals surface area contributed by atoms with E-state index < -0.39 is 5.91 Å². The summed E-state index contributed by atoms with van der Waals surface area (Å²) in [5.74, 6) is -0.728. The summed E-state index contributed by atoms with van der Waals surface area (Å²) in [7, 11) is 0. The van der Waals surface area contributed by atoms with Crippen molar-refractivity contribution in [3.63, 3.8) is 0 Å². The lowest BCUT2D eigenvalue weighted by molar-refractivity contribution is -0.117. The molecule has 1 heterocycles. The number of para-hydroxylation sites is 1. The van der Waals surface area contributed by atoms with Gasteiger partial charge in [0.1, 0.15) is 0 Å². The average molecular weight is 334 g/mol. The molecule has 6 heteroatoms. The summed E-state index contributed by atoms with van der Waals surface area (Å²) in [5, 5.41) is 7.04.